The van der Waals surface area contributed by atoms with Crippen molar-refractivity contribution in [3.63, 3.8) is 0 Å². The first kappa shape index (κ1) is 13.5. The summed E-state index contributed by atoms with van der Waals surface area (Å²) in [5.41, 5.74) is 6.45. The van der Waals surface area contributed by atoms with Crippen LogP contribution in [0.25, 0.3) is 0 Å². The number of carbonyl (C=O) groups is 1. The van der Waals surface area contributed by atoms with E-state index in [1.54, 1.807) is 0 Å². The molecule has 0 radical (unpaired) electrons. The lowest BCUT2D eigenvalue weighted by molar-refractivity contribution is -0.127. The number of nitrogens with zero attached hydrogens (tertiary/aromatic N) is 1. The van der Waals surface area contributed by atoms with Crippen molar-refractivity contribution in [1.82, 2.24) is 0 Å². The number of rotatable bonds is 4. The highest BCUT2D eigenvalue weighted by atomic mass is 79.9. The third kappa shape index (κ3) is 3.10. The lowest BCUT2D eigenvalue weighted by Gasteiger charge is -2.35. The summed E-state index contributed by atoms with van der Waals surface area (Å²) in [6, 6.07) is 7.87. The van der Waals surface area contributed by atoms with Crippen LogP contribution in [0.3, 0.4) is 0 Å². The highest BCUT2D eigenvalue weighted by Gasteiger charge is 2.29. The largest absolute Gasteiger partial charge is 0.369 e. The molecule has 1 aliphatic rings. The van der Waals surface area contributed by atoms with Gasteiger partial charge in [-0.1, -0.05) is 22.0 Å². The Morgan fingerprint density at radius 1 is 1.50 bits per heavy atom. The molecule has 1 fully saturated rings. The molecule has 1 unspecified atom stereocenters. The summed E-state index contributed by atoms with van der Waals surface area (Å²) in [5.74, 6) is 0.0152. The number of benzene rings is 1. The van der Waals surface area contributed by atoms with Gasteiger partial charge in [-0.05, 0) is 37.6 Å². The molecule has 98 valence electrons. The Morgan fingerprint density at radius 3 is 3.06 bits per heavy atom. The average molecular weight is 313 g/mol. The predicted octanol–water partition coefficient (Wildman–Crippen LogP) is 1.92. The molecule has 2 rings (SSSR count). The van der Waals surface area contributed by atoms with Crippen LogP contribution >= 0.6 is 15.9 Å². The van der Waals surface area contributed by atoms with Gasteiger partial charge in [0.2, 0.25) is 0 Å². The maximum Gasteiger partial charge on any atom is 0.253 e. The molecule has 1 aromatic carbocycles. The fraction of sp³-hybridized carbons (Fsp3) is 0.462. The normalized spacial score (nSPS) is 20.2. The van der Waals surface area contributed by atoms with Crippen LogP contribution in [0.2, 0.25) is 0 Å². The Morgan fingerprint density at radius 2 is 2.33 bits per heavy atom. The summed E-state index contributed by atoms with van der Waals surface area (Å²) >= 11 is 3.43. The number of amides is 1. The van der Waals surface area contributed by atoms with Crippen molar-refractivity contribution in [2.75, 3.05) is 24.7 Å². The molecule has 18 heavy (non-hydrogen) atoms. The van der Waals surface area contributed by atoms with Crippen molar-refractivity contribution in [1.29, 1.82) is 0 Å². The molecule has 4 nitrogen and oxygen atoms in total. The Labute approximate surface area is 115 Å². The van der Waals surface area contributed by atoms with E-state index in [-0.39, 0.29) is 18.6 Å². The van der Waals surface area contributed by atoms with E-state index in [1.165, 1.54) is 0 Å². The quantitative estimate of drug-likeness (QED) is 0.924. The molecular weight excluding hydrogens is 296 g/mol. The van der Waals surface area contributed by atoms with E-state index < -0.39 is 0 Å². The van der Waals surface area contributed by atoms with Crippen molar-refractivity contribution < 1.29 is 9.53 Å². The molecule has 5 heteroatoms. The number of halogens is 1. The average Bonchev–Trinajstić information content (AvgIpc) is 2.36. The minimum Gasteiger partial charge on any atom is -0.369 e. The van der Waals surface area contributed by atoms with Crippen LogP contribution in [-0.4, -0.2) is 31.7 Å². The fourth-order valence-corrected chi connectivity index (χ4v) is 2.56. The molecule has 0 aliphatic carbocycles. The third-order valence-corrected chi connectivity index (χ3v) is 3.49. The molecule has 1 heterocycles. The summed E-state index contributed by atoms with van der Waals surface area (Å²) in [6.45, 7) is 1.38. The lowest BCUT2D eigenvalue weighted by Crippen LogP contribution is -2.49. The van der Waals surface area contributed by atoms with E-state index >= 15 is 0 Å². The van der Waals surface area contributed by atoms with Crippen molar-refractivity contribution in [3.05, 3.63) is 28.7 Å². The van der Waals surface area contributed by atoms with Crippen molar-refractivity contribution in [2.24, 2.45) is 5.73 Å². The topological polar surface area (TPSA) is 55.6 Å². The van der Waals surface area contributed by atoms with Crippen LogP contribution in [-0.2, 0) is 9.53 Å². The van der Waals surface area contributed by atoms with Gasteiger partial charge in [0, 0.05) is 10.2 Å². The van der Waals surface area contributed by atoms with E-state index in [0.29, 0.717) is 13.2 Å². The predicted molar refractivity (Wildman–Crippen MR) is 74.5 cm³/mol. The Kier molecular flexibility index (Phi) is 4.74. The van der Waals surface area contributed by atoms with Gasteiger partial charge in [-0.2, -0.15) is 0 Å². The van der Waals surface area contributed by atoms with Crippen LogP contribution in [0.5, 0.6) is 0 Å². The van der Waals surface area contributed by atoms with E-state index in [9.17, 15) is 4.79 Å². The van der Waals surface area contributed by atoms with Gasteiger partial charge in [-0.15, -0.1) is 0 Å². The first-order valence-electron chi connectivity index (χ1n) is 6.08. The minimum absolute atomic E-state index is 0.0152. The van der Waals surface area contributed by atoms with Gasteiger partial charge in [-0.25, -0.2) is 0 Å². The summed E-state index contributed by atoms with van der Waals surface area (Å²) in [7, 11) is 0. The van der Waals surface area contributed by atoms with Gasteiger partial charge in [0.25, 0.3) is 5.91 Å². The van der Waals surface area contributed by atoms with Gasteiger partial charge >= 0.3 is 0 Å². The van der Waals surface area contributed by atoms with Crippen LogP contribution in [0.1, 0.15) is 12.8 Å². The van der Waals surface area contributed by atoms with Gasteiger partial charge in [-0.3, -0.25) is 4.79 Å². The smallest absolute Gasteiger partial charge is 0.253 e. The molecule has 0 spiro atoms. The molecular formula is C13H17BrN2O2. The highest BCUT2D eigenvalue weighted by molar-refractivity contribution is 9.10. The molecule has 1 aliphatic heterocycles. The number of nitrogens with two attached hydrogens (primary N) is 1. The van der Waals surface area contributed by atoms with Gasteiger partial charge in [0.05, 0.1) is 12.6 Å². The maximum atomic E-state index is 12.0. The van der Waals surface area contributed by atoms with E-state index in [4.69, 9.17) is 10.5 Å². The van der Waals surface area contributed by atoms with Crippen LogP contribution < -0.4 is 10.6 Å². The second-order valence-electron chi connectivity index (χ2n) is 4.34. The summed E-state index contributed by atoms with van der Waals surface area (Å²) in [4.78, 5) is 13.9. The number of ether oxygens (including phenoxy) is 1. The molecule has 0 aromatic heterocycles. The molecule has 1 aromatic rings. The second-order valence-corrected chi connectivity index (χ2v) is 5.26. The maximum absolute atomic E-state index is 12.0. The lowest BCUT2D eigenvalue weighted by atomic mass is 10.1. The van der Waals surface area contributed by atoms with Crippen molar-refractivity contribution in [3.8, 4) is 0 Å². The second kappa shape index (κ2) is 6.31. The van der Waals surface area contributed by atoms with Gasteiger partial charge in [0.1, 0.15) is 6.61 Å². The van der Waals surface area contributed by atoms with E-state index in [1.807, 2.05) is 29.2 Å². The zero-order valence-electron chi connectivity index (χ0n) is 10.1. The third-order valence-electron chi connectivity index (χ3n) is 3.00. The van der Waals surface area contributed by atoms with Crippen LogP contribution in [0.15, 0.2) is 28.7 Å². The molecule has 2 N–H and O–H groups in total. The van der Waals surface area contributed by atoms with E-state index in [0.717, 1.165) is 23.0 Å². The Hall–Kier alpha value is -0.910. The van der Waals surface area contributed by atoms with Gasteiger partial charge in [0.15, 0.2) is 0 Å². The van der Waals surface area contributed by atoms with Crippen LogP contribution in [0.4, 0.5) is 5.69 Å². The summed E-state index contributed by atoms with van der Waals surface area (Å²) in [5, 5.41) is 0. The van der Waals surface area contributed by atoms with Crippen molar-refractivity contribution >= 4 is 27.5 Å². The first-order chi connectivity index (χ1) is 8.72. The zero-order chi connectivity index (χ0) is 13.0. The number of morpholine rings is 1. The summed E-state index contributed by atoms with van der Waals surface area (Å²) < 4.78 is 6.30. The summed E-state index contributed by atoms with van der Waals surface area (Å²) in [6.07, 6.45) is 1.76. The Bertz CT molecular complexity index is 425. The zero-order valence-corrected chi connectivity index (χ0v) is 11.7. The molecule has 1 atom stereocenters. The number of hydrogen-bond donors (Lipinski definition) is 1. The number of carbonyl (C=O) groups excluding carboxylic acids is 1. The van der Waals surface area contributed by atoms with Crippen molar-refractivity contribution in [2.45, 2.75) is 18.9 Å². The van der Waals surface area contributed by atoms with E-state index in [2.05, 4.69) is 15.9 Å². The molecule has 0 saturated carbocycles. The molecule has 0 bridgehead atoms. The molecule has 1 amide bonds. The highest BCUT2D eigenvalue weighted by Crippen LogP contribution is 2.25. The van der Waals surface area contributed by atoms with Gasteiger partial charge < -0.3 is 15.4 Å². The monoisotopic (exact) mass is 312 g/mol. The minimum atomic E-state index is 0.0152. The standard InChI is InChI=1S/C13H17BrN2O2/c14-10-3-1-4-11(7-10)16-12(5-2-6-15)8-18-9-13(16)17/h1,3-4,7,12H,2,5-6,8-9,15H2. The van der Waals surface area contributed by atoms with Crippen LogP contribution in [0, 0.1) is 0 Å². The SMILES string of the molecule is NCCCC1COCC(=O)N1c1cccc(Br)c1. The fourth-order valence-electron chi connectivity index (χ4n) is 2.18. The first-order valence-corrected chi connectivity index (χ1v) is 6.87. The number of hydrogen-bond acceptors (Lipinski definition) is 3. The molecule has 1 saturated heterocycles. The Balaban J connectivity index is 2.21. The number of anilines is 1.